The molecule has 1 aliphatic heterocycles. The molecular formula is C37H55NO5. The first-order chi connectivity index (χ1) is 20.6. The van der Waals surface area contributed by atoms with Crippen LogP contribution in [-0.2, 0) is 30.4 Å². The fourth-order valence-electron chi connectivity index (χ4n) is 11.1. The number of fused-ring (bicyclic) bond motifs is 7. The Balaban J connectivity index is 1.04. The van der Waals surface area contributed by atoms with E-state index in [9.17, 15) is 9.59 Å². The highest BCUT2D eigenvalue weighted by Crippen LogP contribution is 2.70. The van der Waals surface area contributed by atoms with Crippen molar-refractivity contribution in [3.63, 3.8) is 0 Å². The molecule has 238 valence electrons. The van der Waals surface area contributed by atoms with Crippen molar-refractivity contribution in [2.75, 3.05) is 13.7 Å². The number of methoxy groups -OCH3 is 1. The summed E-state index contributed by atoms with van der Waals surface area (Å²) in [5.41, 5.74) is 2.10. The second-order valence-corrected chi connectivity index (χ2v) is 15.5. The van der Waals surface area contributed by atoms with Crippen LogP contribution in [0.15, 0.2) is 30.3 Å². The van der Waals surface area contributed by atoms with Gasteiger partial charge < -0.3 is 19.5 Å². The largest absolute Gasteiger partial charge is 0.468 e. The van der Waals surface area contributed by atoms with E-state index in [4.69, 9.17) is 9.47 Å². The quantitative estimate of drug-likeness (QED) is 0.314. The molecule has 0 spiro atoms. The van der Waals surface area contributed by atoms with Crippen molar-refractivity contribution in [3.8, 4) is 0 Å². The molecule has 0 aromatic heterocycles. The van der Waals surface area contributed by atoms with Gasteiger partial charge >= 0.3 is 5.97 Å². The Morgan fingerprint density at radius 2 is 1.79 bits per heavy atom. The van der Waals surface area contributed by atoms with Gasteiger partial charge in [-0.05, 0) is 116 Å². The van der Waals surface area contributed by atoms with Crippen molar-refractivity contribution in [3.05, 3.63) is 35.9 Å². The number of carbonyl (C=O) groups excluding carboxylic acids is 2. The molecule has 1 N–H and O–H groups in total. The van der Waals surface area contributed by atoms with Crippen LogP contribution in [0.1, 0.15) is 97.5 Å². The second-order valence-electron chi connectivity index (χ2n) is 15.5. The van der Waals surface area contributed by atoms with Crippen LogP contribution in [0, 0.1) is 52.3 Å². The Kier molecular flexibility index (Phi) is 9.01. The van der Waals surface area contributed by atoms with E-state index in [0.717, 1.165) is 43.1 Å². The minimum atomic E-state index is -0.415. The molecule has 6 heteroatoms. The zero-order valence-electron chi connectivity index (χ0n) is 27.2. The molecule has 4 saturated carbocycles. The summed E-state index contributed by atoms with van der Waals surface area (Å²) in [5, 5.41) is 2.71. The highest BCUT2D eigenvalue weighted by Gasteiger charge is 2.65. The molecule has 4 aliphatic carbocycles. The smallest absolute Gasteiger partial charge is 0.325 e. The number of hydrogen-bond acceptors (Lipinski definition) is 5. The first kappa shape index (κ1) is 31.1. The number of ether oxygens (including phenoxy) is 3. The van der Waals surface area contributed by atoms with E-state index in [-0.39, 0.29) is 24.5 Å². The Labute approximate surface area is 259 Å². The van der Waals surface area contributed by atoms with Gasteiger partial charge in [-0.1, -0.05) is 58.0 Å². The molecule has 1 heterocycles. The summed E-state index contributed by atoms with van der Waals surface area (Å²) in [6.45, 7) is 10.3. The third-order valence-corrected chi connectivity index (χ3v) is 13.5. The molecule has 6 rings (SSSR count). The van der Waals surface area contributed by atoms with Crippen LogP contribution < -0.4 is 5.32 Å². The Morgan fingerprint density at radius 1 is 1.02 bits per heavy atom. The van der Waals surface area contributed by atoms with E-state index in [1.807, 2.05) is 6.92 Å². The van der Waals surface area contributed by atoms with Crippen molar-refractivity contribution >= 4 is 11.9 Å². The first-order valence-electron chi connectivity index (χ1n) is 17.3. The summed E-state index contributed by atoms with van der Waals surface area (Å²) in [4.78, 5) is 23.9. The molecule has 1 aromatic carbocycles. The van der Waals surface area contributed by atoms with Gasteiger partial charge in [0.2, 0.25) is 5.91 Å². The zero-order chi connectivity index (χ0) is 30.4. The number of hydrogen-bond donors (Lipinski definition) is 1. The summed E-state index contributed by atoms with van der Waals surface area (Å²) in [6, 6.07) is 10.6. The van der Waals surface area contributed by atoms with Gasteiger partial charge in [0.05, 0.1) is 32.0 Å². The number of carbonyl (C=O) groups is 2. The zero-order valence-corrected chi connectivity index (χ0v) is 27.2. The first-order valence-corrected chi connectivity index (χ1v) is 17.3. The lowest BCUT2D eigenvalue weighted by Gasteiger charge is -2.61. The minimum Gasteiger partial charge on any atom is -0.468 e. The highest BCUT2D eigenvalue weighted by molar-refractivity contribution is 5.83. The highest BCUT2D eigenvalue weighted by atomic mass is 16.5. The molecule has 43 heavy (non-hydrogen) atoms. The number of rotatable bonds is 9. The molecule has 5 fully saturated rings. The predicted octanol–water partition coefficient (Wildman–Crippen LogP) is 6.95. The van der Waals surface area contributed by atoms with Crippen LogP contribution in [-0.4, -0.2) is 43.8 Å². The van der Waals surface area contributed by atoms with Crippen LogP contribution in [0.4, 0.5) is 0 Å². The lowest BCUT2D eigenvalue weighted by atomic mass is 9.44. The lowest BCUT2D eigenvalue weighted by molar-refractivity contribution is -0.141. The van der Waals surface area contributed by atoms with Crippen molar-refractivity contribution < 1.29 is 23.8 Å². The van der Waals surface area contributed by atoms with Crippen LogP contribution >= 0.6 is 0 Å². The Bertz CT molecular complexity index is 1140. The molecule has 6 nitrogen and oxygen atoms in total. The maximum absolute atomic E-state index is 12.5. The Morgan fingerprint density at radius 3 is 2.56 bits per heavy atom. The fraction of sp³-hybridized carbons (Fsp3) is 0.784. The standard InChI is InChI=1S/C37H55NO5/c1-23(35(40)38-21-33(39)41-5)11-14-31-24(2)34-32(43-31)20-30-28-13-12-26-19-27(42-22-25-9-7-6-8-10-25)15-17-36(26,3)29(28)16-18-37(30,34)4/h6-10,23-24,26-32,34H,11-22H2,1-5H3,(H,38,40)/t23-,24+,26+,27-,28+,29-,30-,31+,32-,34-,36-,37-/m0/s1. The molecular weight excluding hydrogens is 538 g/mol. The molecule has 1 amide bonds. The van der Waals surface area contributed by atoms with Gasteiger partial charge in [-0.2, -0.15) is 0 Å². The number of benzene rings is 1. The third kappa shape index (κ3) is 5.80. The Hall–Kier alpha value is -1.92. The minimum absolute atomic E-state index is 0.0650. The molecule has 0 bridgehead atoms. The van der Waals surface area contributed by atoms with Gasteiger partial charge in [0, 0.05) is 5.92 Å². The number of amides is 1. The topological polar surface area (TPSA) is 73.9 Å². The molecule has 1 saturated heterocycles. The van der Waals surface area contributed by atoms with Crippen LogP contribution in [0.5, 0.6) is 0 Å². The number of nitrogens with one attached hydrogen (secondary N) is 1. The molecule has 0 unspecified atom stereocenters. The maximum Gasteiger partial charge on any atom is 0.325 e. The molecule has 5 aliphatic rings. The maximum atomic E-state index is 12.5. The van der Waals surface area contributed by atoms with Crippen molar-refractivity contribution in [2.24, 2.45) is 52.3 Å². The van der Waals surface area contributed by atoms with E-state index in [2.05, 4.69) is 61.2 Å². The normalized spacial score (nSPS) is 42.2. The van der Waals surface area contributed by atoms with Gasteiger partial charge in [-0.25, -0.2) is 0 Å². The summed E-state index contributed by atoms with van der Waals surface area (Å²) in [5.74, 6) is 3.75. The fourth-order valence-corrected chi connectivity index (χ4v) is 11.1. The molecule has 0 radical (unpaired) electrons. The van der Waals surface area contributed by atoms with Crippen LogP contribution in [0.25, 0.3) is 0 Å². The van der Waals surface area contributed by atoms with Gasteiger partial charge in [-0.15, -0.1) is 0 Å². The molecule has 1 aromatic rings. The summed E-state index contributed by atoms with van der Waals surface area (Å²) in [6.07, 6.45) is 13.1. The van der Waals surface area contributed by atoms with E-state index in [1.165, 1.54) is 64.0 Å². The van der Waals surface area contributed by atoms with Crippen molar-refractivity contribution in [1.82, 2.24) is 5.32 Å². The monoisotopic (exact) mass is 593 g/mol. The van der Waals surface area contributed by atoms with Crippen molar-refractivity contribution in [2.45, 2.75) is 117 Å². The summed E-state index contributed by atoms with van der Waals surface area (Å²) >= 11 is 0. The van der Waals surface area contributed by atoms with Crippen LogP contribution in [0.2, 0.25) is 0 Å². The van der Waals surface area contributed by atoms with Crippen molar-refractivity contribution in [1.29, 1.82) is 0 Å². The second kappa shape index (κ2) is 12.5. The van der Waals surface area contributed by atoms with Gasteiger partial charge in [0.15, 0.2) is 0 Å². The van der Waals surface area contributed by atoms with Gasteiger partial charge in [0.1, 0.15) is 6.54 Å². The summed E-state index contributed by atoms with van der Waals surface area (Å²) in [7, 11) is 1.34. The average Bonchev–Trinajstić information content (AvgIpc) is 3.50. The van der Waals surface area contributed by atoms with E-state index in [1.54, 1.807) is 0 Å². The summed E-state index contributed by atoms with van der Waals surface area (Å²) < 4.78 is 18.0. The van der Waals surface area contributed by atoms with E-state index < -0.39 is 5.97 Å². The average molecular weight is 594 g/mol. The number of esters is 1. The van der Waals surface area contributed by atoms with Gasteiger partial charge in [-0.3, -0.25) is 9.59 Å². The molecule has 12 atom stereocenters. The lowest BCUT2D eigenvalue weighted by Crippen LogP contribution is -2.54. The van der Waals surface area contributed by atoms with Gasteiger partial charge in [0.25, 0.3) is 0 Å². The SMILES string of the molecule is COC(=O)CNC(=O)[C@@H](C)CC[C@H]1O[C@H]2C[C@H]3[C@@H]4CC[C@@H]5C[C@@H](OCc6ccccc6)CC[C@]5(C)[C@H]4CC[C@]3(C)[C@H]2[C@@H]1C. The third-order valence-electron chi connectivity index (χ3n) is 13.5. The predicted molar refractivity (Wildman–Crippen MR) is 167 cm³/mol. The van der Waals surface area contributed by atoms with E-state index >= 15 is 0 Å². The van der Waals surface area contributed by atoms with E-state index in [0.29, 0.717) is 34.9 Å². The van der Waals surface area contributed by atoms with Crippen LogP contribution in [0.3, 0.4) is 0 Å².